The molecule has 6 heteroatoms. The van der Waals surface area contributed by atoms with Crippen LogP contribution in [0.4, 0.5) is 10.5 Å². The van der Waals surface area contributed by atoms with Crippen LogP contribution in [0.25, 0.3) is 0 Å². The van der Waals surface area contributed by atoms with Crippen LogP contribution in [0.2, 0.25) is 0 Å². The van der Waals surface area contributed by atoms with Gasteiger partial charge in [-0.15, -0.1) is 0 Å². The van der Waals surface area contributed by atoms with E-state index in [4.69, 9.17) is 14.2 Å². The first-order valence-electron chi connectivity index (χ1n) is 8.15. The predicted octanol–water partition coefficient (Wildman–Crippen LogP) is 3.47. The maximum atomic E-state index is 12.1. The van der Waals surface area contributed by atoms with Gasteiger partial charge in [0.25, 0.3) is 0 Å². The summed E-state index contributed by atoms with van der Waals surface area (Å²) >= 11 is 0. The normalized spacial score (nSPS) is 10.0. The lowest BCUT2D eigenvalue weighted by Gasteiger charge is -2.13. The van der Waals surface area contributed by atoms with Gasteiger partial charge in [-0.25, -0.2) is 4.79 Å². The average molecular weight is 344 g/mol. The number of hydrogen-bond donors (Lipinski definition) is 2. The zero-order chi connectivity index (χ0) is 18.1. The lowest BCUT2D eigenvalue weighted by atomic mass is 10.1. The maximum absolute atomic E-state index is 12.1. The topological polar surface area (TPSA) is 68.8 Å². The van der Waals surface area contributed by atoms with Gasteiger partial charge < -0.3 is 24.8 Å². The highest BCUT2D eigenvalue weighted by atomic mass is 16.5. The molecule has 0 aromatic heterocycles. The van der Waals surface area contributed by atoms with E-state index in [-0.39, 0.29) is 6.03 Å². The largest absolute Gasteiger partial charge is 0.497 e. The highest BCUT2D eigenvalue weighted by Gasteiger charge is 2.09. The van der Waals surface area contributed by atoms with E-state index in [0.29, 0.717) is 36.8 Å². The van der Waals surface area contributed by atoms with Gasteiger partial charge in [0, 0.05) is 12.6 Å². The Balaban J connectivity index is 1.89. The van der Waals surface area contributed by atoms with Crippen molar-refractivity contribution < 1.29 is 19.0 Å². The molecule has 0 fully saturated rings. The summed E-state index contributed by atoms with van der Waals surface area (Å²) in [7, 11) is 3.12. The minimum absolute atomic E-state index is 0.294. The lowest BCUT2D eigenvalue weighted by molar-refractivity contribution is 0.252. The standard InChI is InChI=1S/C19H24N2O4/c1-4-25-17-8-6-5-7-14(17)11-12-20-19(22)21-16-10-9-15(23-2)13-18(16)24-3/h5-10,13H,4,11-12H2,1-3H3,(H2,20,21,22). The third-order valence-electron chi connectivity index (χ3n) is 3.61. The lowest BCUT2D eigenvalue weighted by Crippen LogP contribution is -2.30. The first-order chi connectivity index (χ1) is 12.2. The van der Waals surface area contributed by atoms with Gasteiger partial charge in [0.15, 0.2) is 0 Å². The van der Waals surface area contributed by atoms with Crippen LogP contribution < -0.4 is 24.8 Å². The third kappa shape index (κ3) is 5.31. The molecule has 0 saturated carbocycles. The smallest absolute Gasteiger partial charge is 0.319 e. The second-order valence-electron chi connectivity index (χ2n) is 5.24. The van der Waals surface area contributed by atoms with Crippen LogP contribution in [0.15, 0.2) is 42.5 Å². The second kappa shape index (κ2) is 9.42. The van der Waals surface area contributed by atoms with Crippen LogP contribution in [-0.2, 0) is 6.42 Å². The molecule has 0 heterocycles. The van der Waals surface area contributed by atoms with Crippen molar-refractivity contribution in [2.75, 3.05) is 32.7 Å². The summed E-state index contributed by atoms with van der Waals surface area (Å²) in [5.41, 5.74) is 1.64. The molecule has 2 aromatic carbocycles. The number of urea groups is 1. The van der Waals surface area contributed by atoms with E-state index < -0.39 is 0 Å². The minimum Gasteiger partial charge on any atom is -0.497 e. The molecule has 0 saturated heterocycles. The Bertz CT molecular complexity index is 704. The average Bonchev–Trinajstić information content (AvgIpc) is 2.63. The number of benzene rings is 2. The number of rotatable bonds is 8. The fraction of sp³-hybridized carbons (Fsp3) is 0.316. The van der Waals surface area contributed by atoms with Gasteiger partial charge in [0.05, 0.1) is 26.5 Å². The number of methoxy groups -OCH3 is 2. The van der Waals surface area contributed by atoms with Crippen LogP contribution in [-0.4, -0.2) is 33.4 Å². The van der Waals surface area contributed by atoms with E-state index in [1.165, 1.54) is 0 Å². The van der Waals surface area contributed by atoms with Crippen LogP contribution >= 0.6 is 0 Å². The van der Waals surface area contributed by atoms with E-state index in [9.17, 15) is 4.79 Å². The molecule has 0 aliphatic heterocycles. The van der Waals surface area contributed by atoms with Crippen LogP contribution in [0.3, 0.4) is 0 Å². The summed E-state index contributed by atoms with van der Waals surface area (Å²) in [6.07, 6.45) is 0.684. The zero-order valence-corrected chi connectivity index (χ0v) is 14.8. The summed E-state index contributed by atoms with van der Waals surface area (Å²) in [6.45, 7) is 3.06. The second-order valence-corrected chi connectivity index (χ2v) is 5.24. The van der Waals surface area contributed by atoms with Crippen molar-refractivity contribution in [2.24, 2.45) is 0 Å². The highest BCUT2D eigenvalue weighted by Crippen LogP contribution is 2.28. The number of hydrogen-bond acceptors (Lipinski definition) is 4. The van der Waals surface area contributed by atoms with Gasteiger partial charge in [-0.1, -0.05) is 18.2 Å². The van der Waals surface area contributed by atoms with Crippen molar-refractivity contribution in [1.82, 2.24) is 5.32 Å². The van der Waals surface area contributed by atoms with Crippen LogP contribution in [0.1, 0.15) is 12.5 Å². The SMILES string of the molecule is CCOc1ccccc1CCNC(=O)Nc1ccc(OC)cc1OC. The first kappa shape index (κ1) is 18.4. The molecule has 2 rings (SSSR count). The molecule has 0 atom stereocenters. The number of ether oxygens (including phenoxy) is 3. The van der Waals surface area contributed by atoms with Gasteiger partial charge >= 0.3 is 6.03 Å². The molecule has 6 nitrogen and oxygen atoms in total. The number of carbonyl (C=O) groups excluding carboxylic acids is 1. The van der Waals surface area contributed by atoms with Crippen molar-refractivity contribution in [2.45, 2.75) is 13.3 Å². The van der Waals surface area contributed by atoms with E-state index in [1.54, 1.807) is 32.4 Å². The van der Waals surface area contributed by atoms with Gasteiger partial charge in [0.2, 0.25) is 0 Å². The zero-order valence-electron chi connectivity index (χ0n) is 14.8. The summed E-state index contributed by atoms with van der Waals surface area (Å²) in [4.78, 5) is 12.1. The monoisotopic (exact) mass is 344 g/mol. The molecular formula is C19H24N2O4. The molecule has 2 amide bonds. The van der Waals surface area contributed by atoms with Crippen molar-refractivity contribution in [3.8, 4) is 17.2 Å². The quantitative estimate of drug-likeness (QED) is 0.769. The predicted molar refractivity (Wildman–Crippen MR) is 97.9 cm³/mol. The molecule has 0 radical (unpaired) electrons. The molecule has 134 valence electrons. The molecule has 2 N–H and O–H groups in total. The Labute approximate surface area is 148 Å². The Hall–Kier alpha value is -2.89. The van der Waals surface area contributed by atoms with Gasteiger partial charge in [-0.3, -0.25) is 0 Å². The van der Waals surface area contributed by atoms with E-state index in [1.807, 2.05) is 31.2 Å². The Morgan fingerprint density at radius 3 is 2.56 bits per heavy atom. The van der Waals surface area contributed by atoms with E-state index in [0.717, 1.165) is 11.3 Å². The van der Waals surface area contributed by atoms with E-state index >= 15 is 0 Å². The first-order valence-corrected chi connectivity index (χ1v) is 8.15. The summed E-state index contributed by atoms with van der Waals surface area (Å²) in [6, 6.07) is 12.7. The van der Waals surface area contributed by atoms with Gasteiger partial charge in [-0.05, 0) is 37.1 Å². The van der Waals surface area contributed by atoms with Gasteiger partial charge in [-0.2, -0.15) is 0 Å². The molecule has 0 unspecified atom stereocenters. The van der Waals surface area contributed by atoms with Crippen molar-refractivity contribution in [3.63, 3.8) is 0 Å². The summed E-state index contributed by atoms with van der Waals surface area (Å²) < 4.78 is 16.0. The van der Waals surface area contributed by atoms with Crippen molar-refractivity contribution in [1.29, 1.82) is 0 Å². The number of para-hydroxylation sites is 1. The molecule has 0 spiro atoms. The Morgan fingerprint density at radius 1 is 1.04 bits per heavy atom. The molecule has 0 bridgehead atoms. The fourth-order valence-electron chi connectivity index (χ4n) is 2.39. The van der Waals surface area contributed by atoms with Crippen molar-refractivity contribution >= 4 is 11.7 Å². The molecule has 2 aromatic rings. The molecule has 0 aliphatic rings. The number of nitrogens with one attached hydrogen (secondary N) is 2. The molecule has 25 heavy (non-hydrogen) atoms. The Kier molecular flexibility index (Phi) is 6.95. The fourth-order valence-corrected chi connectivity index (χ4v) is 2.39. The third-order valence-corrected chi connectivity index (χ3v) is 3.61. The minimum atomic E-state index is -0.294. The highest BCUT2D eigenvalue weighted by molar-refractivity contribution is 5.91. The summed E-state index contributed by atoms with van der Waals surface area (Å²) in [5, 5.41) is 5.61. The number of amides is 2. The van der Waals surface area contributed by atoms with Gasteiger partial charge in [0.1, 0.15) is 17.2 Å². The van der Waals surface area contributed by atoms with E-state index in [2.05, 4.69) is 10.6 Å². The van der Waals surface area contributed by atoms with Crippen molar-refractivity contribution in [3.05, 3.63) is 48.0 Å². The Morgan fingerprint density at radius 2 is 1.84 bits per heavy atom. The van der Waals surface area contributed by atoms with Crippen LogP contribution in [0.5, 0.6) is 17.2 Å². The molecule has 0 aliphatic carbocycles. The number of anilines is 1. The maximum Gasteiger partial charge on any atom is 0.319 e. The number of carbonyl (C=O) groups is 1. The molecular weight excluding hydrogens is 320 g/mol. The summed E-state index contributed by atoms with van der Waals surface area (Å²) in [5.74, 6) is 2.05. The van der Waals surface area contributed by atoms with Crippen LogP contribution in [0, 0.1) is 0 Å².